The van der Waals surface area contributed by atoms with Crippen LogP contribution >= 0.6 is 0 Å². The van der Waals surface area contributed by atoms with E-state index in [2.05, 4.69) is 5.32 Å². The third-order valence-corrected chi connectivity index (χ3v) is 2.94. The maximum absolute atomic E-state index is 11.6. The molecule has 2 amide bonds. The van der Waals surface area contributed by atoms with Gasteiger partial charge in [0.2, 0.25) is 0 Å². The zero-order valence-electron chi connectivity index (χ0n) is 10.2. The van der Waals surface area contributed by atoms with Crippen LogP contribution in [0.15, 0.2) is 30.3 Å². The van der Waals surface area contributed by atoms with E-state index in [1.807, 2.05) is 30.3 Å². The normalized spacial score (nSPS) is 15.4. The first-order valence-corrected chi connectivity index (χ1v) is 5.80. The number of nitrogens with two attached hydrogens (primary N) is 1. The topological polar surface area (TPSA) is 105 Å². The van der Waals surface area contributed by atoms with Crippen LogP contribution in [0.4, 0.5) is 9.59 Å². The Kier molecular flexibility index (Phi) is 3.57. The lowest BCUT2D eigenvalue weighted by Gasteiger charge is -2.25. The Bertz CT molecular complexity index is 473. The van der Waals surface area contributed by atoms with Crippen LogP contribution in [-0.4, -0.2) is 28.0 Å². The molecular weight excluding hydrogens is 250 g/mol. The molecule has 1 aromatic carbocycles. The van der Waals surface area contributed by atoms with Gasteiger partial charge in [-0.15, -0.1) is 0 Å². The van der Waals surface area contributed by atoms with Crippen LogP contribution in [-0.2, 0) is 11.3 Å². The zero-order chi connectivity index (χ0) is 13.9. The molecule has 1 fully saturated rings. The van der Waals surface area contributed by atoms with E-state index in [1.54, 1.807) is 0 Å². The molecule has 0 aliphatic heterocycles. The summed E-state index contributed by atoms with van der Waals surface area (Å²) in [4.78, 5) is 22.3. The Hall–Kier alpha value is -2.28. The number of rotatable bonds is 4. The molecule has 0 aromatic heterocycles. The van der Waals surface area contributed by atoms with Crippen molar-refractivity contribution in [1.82, 2.24) is 10.3 Å². The minimum absolute atomic E-state index is 0.125. The highest BCUT2D eigenvalue weighted by molar-refractivity contribution is 5.72. The smallest absolute Gasteiger partial charge is 0.423 e. The lowest BCUT2D eigenvalue weighted by atomic mass is 10.2. The van der Waals surface area contributed by atoms with Crippen LogP contribution in [0.3, 0.4) is 0 Å². The van der Waals surface area contributed by atoms with Gasteiger partial charge in [-0.05, 0) is 18.4 Å². The van der Waals surface area contributed by atoms with Crippen LogP contribution in [0.25, 0.3) is 0 Å². The van der Waals surface area contributed by atoms with Gasteiger partial charge in [-0.25, -0.2) is 20.4 Å². The summed E-state index contributed by atoms with van der Waals surface area (Å²) in [6, 6.07) is 9.19. The van der Waals surface area contributed by atoms with Crippen molar-refractivity contribution in [2.45, 2.75) is 25.1 Å². The summed E-state index contributed by atoms with van der Waals surface area (Å²) in [5.74, 6) is 5.38. The van der Waals surface area contributed by atoms with Crippen molar-refractivity contribution in [3.05, 3.63) is 35.9 Å². The number of ether oxygens (including phenoxy) is 1. The molecule has 0 unspecified atom stereocenters. The first kappa shape index (κ1) is 13.2. The molecular formula is C12H15N3O4. The number of alkyl carbamates (subject to hydrolysis) is 1. The molecule has 102 valence electrons. The summed E-state index contributed by atoms with van der Waals surface area (Å²) in [5.41, 5.74) is -0.162. The zero-order valence-corrected chi connectivity index (χ0v) is 10.2. The number of nitrogens with zero attached hydrogens (tertiary/aromatic N) is 1. The standard InChI is InChI=1S/C12H15N3O4/c13-15(11(17)18)12(6-7-12)14-10(16)19-8-9-4-2-1-3-5-9/h1-5H,6-8,13H2,(H,14,16)(H,17,18). The summed E-state index contributed by atoms with van der Waals surface area (Å²) >= 11 is 0. The second-order valence-electron chi connectivity index (χ2n) is 4.37. The van der Waals surface area contributed by atoms with Crippen molar-refractivity contribution in [2.75, 3.05) is 0 Å². The molecule has 0 spiro atoms. The lowest BCUT2D eigenvalue weighted by Crippen LogP contribution is -2.56. The molecule has 2 rings (SSSR count). The van der Waals surface area contributed by atoms with Gasteiger partial charge in [-0.3, -0.25) is 5.32 Å². The Morgan fingerprint density at radius 1 is 1.37 bits per heavy atom. The van der Waals surface area contributed by atoms with Crippen molar-refractivity contribution in [2.24, 2.45) is 5.84 Å². The number of nitrogens with one attached hydrogen (secondary N) is 1. The van der Waals surface area contributed by atoms with Crippen LogP contribution in [0.2, 0.25) is 0 Å². The van der Waals surface area contributed by atoms with E-state index < -0.39 is 17.8 Å². The molecule has 0 atom stereocenters. The van der Waals surface area contributed by atoms with Crippen molar-refractivity contribution in [3.63, 3.8) is 0 Å². The highest BCUT2D eigenvalue weighted by atomic mass is 16.5. The molecule has 7 nitrogen and oxygen atoms in total. The van der Waals surface area contributed by atoms with Crippen LogP contribution < -0.4 is 11.2 Å². The molecule has 1 aliphatic carbocycles. The molecule has 0 heterocycles. The average Bonchev–Trinajstić information content (AvgIpc) is 3.17. The first-order chi connectivity index (χ1) is 9.03. The molecule has 0 saturated heterocycles. The van der Waals surface area contributed by atoms with Crippen LogP contribution in [0.5, 0.6) is 0 Å². The van der Waals surface area contributed by atoms with Crippen molar-refractivity contribution in [1.29, 1.82) is 0 Å². The van der Waals surface area contributed by atoms with Crippen LogP contribution in [0, 0.1) is 0 Å². The third-order valence-electron chi connectivity index (χ3n) is 2.94. The number of hydrogen-bond acceptors (Lipinski definition) is 4. The second-order valence-corrected chi connectivity index (χ2v) is 4.37. The van der Waals surface area contributed by atoms with Gasteiger partial charge in [0.25, 0.3) is 0 Å². The first-order valence-electron chi connectivity index (χ1n) is 5.80. The second kappa shape index (κ2) is 5.15. The largest absolute Gasteiger partial charge is 0.464 e. The maximum Gasteiger partial charge on any atom is 0.423 e. The Labute approximate surface area is 109 Å². The fourth-order valence-corrected chi connectivity index (χ4v) is 1.68. The van der Waals surface area contributed by atoms with Crippen molar-refractivity contribution < 1.29 is 19.4 Å². The van der Waals surface area contributed by atoms with Gasteiger partial charge in [0, 0.05) is 0 Å². The monoisotopic (exact) mass is 265 g/mol. The molecule has 1 saturated carbocycles. The predicted octanol–water partition coefficient (Wildman–Crippen LogP) is 1.26. The predicted molar refractivity (Wildman–Crippen MR) is 65.8 cm³/mol. The Balaban J connectivity index is 1.84. The summed E-state index contributed by atoms with van der Waals surface area (Å²) in [5, 5.41) is 11.9. The van der Waals surface area contributed by atoms with Gasteiger partial charge in [-0.2, -0.15) is 0 Å². The van der Waals surface area contributed by atoms with E-state index in [-0.39, 0.29) is 6.61 Å². The van der Waals surface area contributed by atoms with E-state index in [4.69, 9.17) is 15.7 Å². The van der Waals surface area contributed by atoms with Crippen molar-refractivity contribution >= 4 is 12.2 Å². The number of benzene rings is 1. The fraction of sp³-hybridized carbons (Fsp3) is 0.333. The highest BCUT2D eigenvalue weighted by Gasteiger charge is 2.51. The lowest BCUT2D eigenvalue weighted by molar-refractivity contribution is 0.0894. The quantitative estimate of drug-likeness (QED) is 0.329. The molecule has 0 radical (unpaired) electrons. The molecule has 4 N–H and O–H groups in total. The minimum Gasteiger partial charge on any atom is -0.464 e. The molecule has 19 heavy (non-hydrogen) atoms. The summed E-state index contributed by atoms with van der Waals surface area (Å²) < 4.78 is 5.01. The Morgan fingerprint density at radius 3 is 2.53 bits per heavy atom. The van der Waals surface area contributed by atoms with E-state index in [9.17, 15) is 9.59 Å². The molecule has 1 aliphatic rings. The number of amides is 2. The SMILES string of the molecule is NN(C(=O)O)C1(NC(=O)OCc2ccccc2)CC1. The van der Waals surface area contributed by atoms with Gasteiger partial charge >= 0.3 is 12.2 Å². The number of hydrogen-bond donors (Lipinski definition) is 3. The number of carbonyl (C=O) groups is 2. The number of carbonyl (C=O) groups excluding carboxylic acids is 1. The minimum atomic E-state index is -1.29. The number of carboxylic acid groups (broad SMARTS) is 1. The van der Waals surface area contributed by atoms with Gasteiger partial charge in [-0.1, -0.05) is 30.3 Å². The molecule has 1 aromatic rings. The average molecular weight is 265 g/mol. The van der Waals surface area contributed by atoms with E-state index in [0.29, 0.717) is 17.9 Å². The van der Waals surface area contributed by atoms with Gasteiger partial charge in [0.1, 0.15) is 12.3 Å². The van der Waals surface area contributed by atoms with Gasteiger partial charge < -0.3 is 9.84 Å². The molecule has 0 bridgehead atoms. The van der Waals surface area contributed by atoms with Gasteiger partial charge in [0.15, 0.2) is 0 Å². The van der Waals surface area contributed by atoms with Gasteiger partial charge in [0.05, 0.1) is 0 Å². The summed E-state index contributed by atoms with van der Waals surface area (Å²) in [6.07, 6.45) is -1.01. The van der Waals surface area contributed by atoms with E-state index >= 15 is 0 Å². The number of hydrazine groups is 1. The Morgan fingerprint density at radius 2 is 2.00 bits per heavy atom. The highest BCUT2D eigenvalue weighted by Crippen LogP contribution is 2.37. The summed E-state index contributed by atoms with van der Waals surface area (Å²) in [6.45, 7) is 0.125. The maximum atomic E-state index is 11.6. The summed E-state index contributed by atoms with van der Waals surface area (Å²) in [7, 11) is 0. The third kappa shape index (κ3) is 3.14. The fourth-order valence-electron chi connectivity index (χ4n) is 1.68. The van der Waals surface area contributed by atoms with Crippen molar-refractivity contribution in [3.8, 4) is 0 Å². The van der Waals surface area contributed by atoms with E-state index in [1.165, 1.54) is 0 Å². The van der Waals surface area contributed by atoms with Crippen LogP contribution in [0.1, 0.15) is 18.4 Å². The molecule has 7 heteroatoms. The van der Waals surface area contributed by atoms with E-state index in [0.717, 1.165) is 5.56 Å².